The fraction of sp³-hybridized carbons (Fsp3) is 0.636. The fourth-order valence-electron chi connectivity index (χ4n) is 3.28. The van der Waals surface area contributed by atoms with Crippen LogP contribution >= 0.6 is 0 Å². The molecule has 1 aliphatic heterocycles. The van der Waals surface area contributed by atoms with Crippen LogP contribution in [0.25, 0.3) is 0 Å². The van der Waals surface area contributed by atoms with Crippen LogP contribution in [0.4, 0.5) is 4.79 Å². The van der Waals surface area contributed by atoms with Crippen LogP contribution in [-0.2, 0) is 15.9 Å². The average molecular weight is 405 g/mol. The van der Waals surface area contributed by atoms with E-state index in [4.69, 9.17) is 9.47 Å². The van der Waals surface area contributed by atoms with Crippen LogP contribution in [0.2, 0.25) is 0 Å². The Bertz CT molecular complexity index is 601. The number of hydrogen-bond donors (Lipinski definition) is 2. The molecule has 7 nitrogen and oxygen atoms in total. The number of hydrogen-bond acceptors (Lipinski definition) is 4. The van der Waals surface area contributed by atoms with E-state index in [1.54, 1.807) is 11.9 Å². The first-order valence-electron chi connectivity index (χ1n) is 10.7. The molecular formula is C22H36N4O3. The summed E-state index contributed by atoms with van der Waals surface area (Å²) in [5, 5.41) is 6.82. The van der Waals surface area contributed by atoms with Gasteiger partial charge in [0.05, 0.1) is 13.2 Å². The molecule has 1 aromatic carbocycles. The van der Waals surface area contributed by atoms with E-state index in [1.165, 1.54) is 5.56 Å². The molecule has 0 aromatic heterocycles. The summed E-state index contributed by atoms with van der Waals surface area (Å²) >= 11 is 0. The maximum atomic E-state index is 11.8. The highest BCUT2D eigenvalue weighted by atomic mass is 16.6. The smallest absolute Gasteiger partial charge is 0.409 e. The number of guanidine groups is 1. The van der Waals surface area contributed by atoms with Gasteiger partial charge in [-0.2, -0.15) is 0 Å². The zero-order valence-electron chi connectivity index (χ0n) is 17.9. The molecule has 0 atom stereocenters. The van der Waals surface area contributed by atoms with Gasteiger partial charge in [0.15, 0.2) is 5.96 Å². The average Bonchev–Trinajstić information content (AvgIpc) is 2.76. The van der Waals surface area contributed by atoms with Gasteiger partial charge in [0.2, 0.25) is 0 Å². The van der Waals surface area contributed by atoms with Crippen LogP contribution in [0.3, 0.4) is 0 Å². The Morgan fingerprint density at radius 2 is 1.93 bits per heavy atom. The van der Waals surface area contributed by atoms with Crippen molar-refractivity contribution in [3.63, 3.8) is 0 Å². The molecule has 0 unspecified atom stereocenters. The number of likely N-dealkylation sites (tertiary alicyclic amines) is 1. The van der Waals surface area contributed by atoms with E-state index in [0.717, 1.165) is 57.8 Å². The van der Waals surface area contributed by atoms with Crippen molar-refractivity contribution in [1.82, 2.24) is 15.5 Å². The summed E-state index contributed by atoms with van der Waals surface area (Å²) in [6.07, 6.45) is 4.61. The number of ether oxygens (including phenoxy) is 2. The first-order valence-corrected chi connectivity index (χ1v) is 10.7. The highest BCUT2D eigenvalue weighted by molar-refractivity contribution is 5.80. The number of aliphatic imine (C=N–C) groups is 1. The second-order valence-electron chi connectivity index (χ2n) is 7.16. The standard InChI is InChI=1S/C22H36N4O3/c1-3-29-22(27)26-15-11-20(12-16-26)25-21(23-2)24-14-7-8-17-28-18-13-19-9-5-4-6-10-19/h4-6,9-10,20H,3,7-8,11-18H2,1-2H3,(H2,23,24,25). The summed E-state index contributed by atoms with van der Waals surface area (Å²) in [5.41, 5.74) is 1.32. The van der Waals surface area contributed by atoms with E-state index in [2.05, 4.69) is 39.9 Å². The normalized spacial score (nSPS) is 15.2. The van der Waals surface area contributed by atoms with Gasteiger partial charge in [0.1, 0.15) is 0 Å². The number of amides is 1. The Labute approximate surface area is 174 Å². The predicted octanol–water partition coefficient (Wildman–Crippen LogP) is 2.81. The first-order chi connectivity index (χ1) is 14.2. The summed E-state index contributed by atoms with van der Waals surface area (Å²) in [5.74, 6) is 0.824. The molecule has 7 heteroatoms. The minimum atomic E-state index is -0.209. The van der Waals surface area contributed by atoms with E-state index in [1.807, 2.05) is 13.0 Å². The Kier molecular flexibility index (Phi) is 11.0. The number of nitrogens with zero attached hydrogens (tertiary/aromatic N) is 2. The molecule has 162 valence electrons. The second kappa shape index (κ2) is 13.8. The van der Waals surface area contributed by atoms with Gasteiger partial charge in [-0.15, -0.1) is 0 Å². The maximum absolute atomic E-state index is 11.8. The summed E-state index contributed by atoms with van der Waals surface area (Å²) in [7, 11) is 1.79. The maximum Gasteiger partial charge on any atom is 0.409 e. The summed E-state index contributed by atoms with van der Waals surface area (Å²) < 4.78 is 10.8. The van der Waals surface area contributed by atoms with Gasteiger partial charge >= 0.3 is 6.09 Å². The SMILES string of the molecule is CCOC(=O)N1CCC(NC(=NC)NCCCCOCCc2ccccc2)CC1. The fourth-order valence-corrected chi connectivity index (χ4v) is 3.28. The van der Waals surface area contributed by atoms with Gasteiger partial charge in [0.25, 0.3) is 0 Å². The summed E-state index contributed by atoms with van der Waals surface area (Å²) in [4.78, 5) is 17.8. The molecule has 0 saturated carbocycles. The minimum Gasteiger partial charge on any atom is -0.450 e. The van der Waals surface area contributed by atoms with E-state index >= 15 is 0 Å². The third-order valence-corrected chi connectivity index (χ3v) is 4.97. The van der Waals surface area contributed by atoms with E-state index in [9.17, 15) is 4.79 Å². The van der Waals surface area contributed by atoms with Crippen LogP contribution in [0, 0.1) is 0 Å². The summed E-state index contributed by atoms with van der Waals surface area (Å²) in [6, 6.07) is 10.7. The Balaban J connectivity index is 1.49. The summed E-state index contributed by atoms with van der Waals surface area (Å²) in [6.45, 7) is 6.10. The monoisotopic (exact) mass is 404 g/mol. The van der Waals surface area contributed by atoms with Crippen molar-refractivity contribution < 1.29 is 14.3 Å². The van der Waals surface area contributed by atoms with Gasteiger partial charge in [0, 0.05) is 39.3 Å². The lowest BCUT2D eigenvalue weighted by molar-refractivity contribution is 0.0963. The molecule has 1 saturated heterocycles. The van der Waals surface area contributed by atoms with Crippen molar-refractivity contribution in [3.05, 3.63) is 35.9 Å². The van der Waals surface area contributed by atoms with E-state index in [-0.39, 0.29) is 6.09 Å². The number of rotatable bonds is 10. The molecule has 0 spiro atoms. The van der Waals surface area contributed by atoms with Crippen molar-refractivity contribution in [3.8, 4) is 0 Å². The Morgan fingerprint density at radius 1 is 1.17 bits per heavy atom. The molecule has 2 N–H and O–H groups in total. The molecule has 0 bridgehead atoms. The lowest BCUT2D eigenvalue weighted by Gasteiger charge is -2.32. The molecule has 2 rings (SSSR count). The van der Waals surface area contributed by atoms with Gasteiger partial charge in [-0.25, -0.2) is 4.79 Å². The zero-order valence-corrected chi connectivity index (χ0v) is 17.9. The Hall–Kier alpha value is -2.28. The van der Waals surface area contributed by atoms with Crippen LogP contribution < -0.4 is 10.6 Å². The quantitative estimate of drug-likeness (QED) is 0.356. The van der Waals surface area contributed by atoms with E-state index in [0.29, 0.717) is 25.7 Å². The molecule has 0 aliphatic carbocycles. The van der Waals surface area contributed by atoms with Gasteiger partial charge in [-0.3, -0.25) is 4.99 Å². The van der Waals surface area contributed by atoms with Crippen LogP contribution in [0.1, 0.15) is 38.2 Å². The van der Waals surface area contributed by atoms with Gasteiger partial charge in [-0.1, -0.05) is 30.3 Å². The number of unbranched alkanes of at least 4 members (excludes halogenated alkanes) is 1. The number of benzene rings is 1. The molecular weight excluding hydrogens is 368 g/mol. The number of carbonyl (C=O) groups is 1. The largest absolute Gasteiger partial charge is 0.450 e. The molecule has 1 amide bonds. The van der Waals surface area contributed by atoms with Crippen molar-refractivity contribution in [1.29, 1.82) is 0 Å². The number of carbonyl (C=O) groups excluding carboxylic acids is 1. The third-order valence-electron chi connectivity index (χ3n) is 4.97. The lowest BCUT2D eigenvalue weighted by atomic mass is 10.1. The lowest BCUT2D eigenvalue weighted by Crippen LogP contribution is -2.50. The zero-order chi connectivity index (χ0) is 20.7. The third kappa shape index (κ3) is 9.17. The molecule has 29 heavy (non-hydrogen) atoms. The molecule has 1 fully saturated rings. The van der Waals surface area contributed by atoms with Crippen LogP contribution in [0.15, 0.2) is 35.3 Å². The van der Waals surface area contributed by atoms with Crippen LogP contribution in [-0.4, -0.2) is 69.5 Å². The predicted molar refractivity (Wildman–Crippen MR) is 116 cm³/mol. The van der Waals surface area contributed by atoms with Crippen molar-refractivity contribution >= 4 is 12.1 Å². The van der Waals surface area contributed by atoms with Gasteiger partial charge < -0.3 is 25.0 Å². The molecule has 1 heterocycles. The second-order valence-corrected chi connectivity index (χ2v) is 7.16. The molecule has 1 aromatic rings. The highest BCUT2D eigenvalue weighted by Crippen LogP contribution is 2.11. The number of nitrogens with one attached hydrogen (secondary N) is 2. The van der Waals surface area contributed by atoms with E-state index < -0.39 is 0 Å². The first kappa shape index (κ1) is 23.0. The topological polar surface area (TPSA) is 75.2 Å². The minimum absolute atomic E-state index is 0.209. The van der Waals surface area contributed by atoms with Crippen LogP contribution in [0.5, 0.6) is 0 Å². The molecule has 0 radical (unpaired) electrons. The molecule has 1 aliphatic rings. The highest BCUT2D eigenvalue weighted by Gasteiger charge is 2.23. The Morgan fingerprint density at radius 3 is 2.62 bits per heavy atom. The van der Waals surface area contributed by atoms with Crippen molar-refractivity contribution in [2.24, 2.45) is 4.99 Å². The number of piperidine rings is 1. The van der Waals surface area contributed by atoms with Crippen molar-refractivity contribution in [2.75, 3.05) is 46.5 Å². The van der Waals surface area contributed by atoms with Gasteiger partial charge in [-0.05, 0) is 44.6 Å². The van der Waals surface area contributed by atoms with Crippen molar-refractivity contribution in [2.45, 2.75) is 45.1 Å².